The third-order valence-electron chi connectivity index (χ3n) is 2.80. The Morgan fingerprint density at radius 3 is 2.06 bits per heavy atom. The number of hydrogen-bond acceptors (Lipinski definition) is 1. The highest BCUT2D eigenvalue weighted by atomic mass is 19.4. The second-order valence-electron chi connectivity index (χ2n) is 4.66. The summed E-state index contributed by atoms with van der Waals surface area (Å²) in [6.07, 6.45) is -4.63. The van der Waals surface area contributed by atoms with Crippen molar-refractivity contribution in [3.63, 3.8) is 0 Å². The summed E-state index contributed by atoms with van der Waals surface area (Å²) in [5.74, 6) is 0.118. The van der Waals surface area contributed by atoms with Crippen LogP contribution in [0.2, 0.25) is 0 Å². The first-order valence-corrected chi connectivity index (χ1v) is 5.62. The molecular weight excluding hydrogens is 229 g/mol. The normalized spacial score (nSPS) is 15.9. The maximum atomic E-state index is 13.0. The maximum Gasteiger partial charge on any atom is 0.421 e. The molecule has 1 rings (SSSR count). The van der Waals surface area contributed by atoms with Crippen molar-refractivity contribution >= 4 is 0 Å². The lowest BCUT2D eigenvalue weighted by atomic mass is 9.86. The highest BCUT2D eigenvalue weighted by Crippen LogP contribution is 2.42. The van der Waals surface area contributed by atoms with Crippen LogP contribution in [0.4, 0.5) is 13.2 Å². The first-order chi connectivity index (χ1) is 7.77. The standard InChI is InChI=1S/C13H17F3O/c1-10(2)8-9-12(17,13(14,15)16)11-6-4-3-5-7-11/h3-7,10,17H,8-9H2,1-2H3. The van der Waals surface area contributed by atoms with E-state index in [1.165, 1.54) is 24.3 Å². The molecule has 1 N–H and O–H groups in total. The molecule has 1 nitrogen and oxygen atoms in total. The van der Waals surface area contributed by atoms with Crippen LogP contribution in [-0.4, -0.2) is 11.3 Å². The number of benzene rings is 1. The number of hydrogen-bond donors (Lipinski definition) is 1. The van der Waals surface area contributed by atoms with Gasteiger partial charge in [0, 0.05) is 0 Å². The molecule has 0 saturated heterocycles. The highest BCUT2D eigenvalue weighted by molar-refractivity contribution is 5.24. The van der Waals surface area contributed by atoms with E-state index in [2.05, 4.69) is 0 Å². The van der Waals surface area contributed by atoms with Crippen molar-refractivity contribution in [2.45, 2.75) is 38.5 Å². The van der Waals surface area contributed by atoms with E-state index in [4.69, 9.17) is 0 Å². The monoisotopic (exact) mass is 246 g/mol. The second kappa shape index (κ2) is 5.08. The van der Waals surface area contributed by atoms with Gasteiger partial charge in [-0.3, -0.25) is 0 Å². The van der Waals surface area contributed by atoms with Crippen molar-refractivity contribution in [2.24, 2.45) is 5.92 Å². The van der Waals surface area contributed by atoms with Gasteiger partial charge in [0.1, 0.15) is 0 Å². The predicted octanol–water partition coefficient (Wildman–Crippen LogP) is 3.87. The minimum absolute atomic E-state index is 0.0897. The maximum absolute atomic E-state index is 13.0. The first kappa shape index (κ1) is 14.0. The Labute approximate surface area is 99.3 Å². The van der Waals surface area contributed by atoms with Crippen molar-refractivity contribution in [3.05, 3.63) is 35.9 Å². The average Bonchev–Trinajstić information content (AvgIpc) is 2.25. The van der Waals surface area contributed by atoms with Gasteiger partial charge in [0.15, 0.2) is 5.60 Å². The van der Waals surface area contributed by atoms with Crippen LogP contribution in [0.15, 0.2) is 30.3 Å². The summed E-state index contributed by atoms with van der Waals surface area (Å²) in [6, 6.07) is 7.26. The molecule has 1 unspecified atom stereocenters. The van der Waals surface area contributed by atoms with Crippen molar-refractivity contribution < 1.29 is 18.3 Å². The molecule has 0 aliphatic carbocycles. The number of aliphatic hydroxyl groups is 1. The summed E-state index contributed by atoms with van der Waals surface area (Å²) < 4.78 is 39.0. The lowest BCUT2D eigenvalue weighted by Crippen LogP contribution is -2.42. The van der Waals surface area contributed by atoms with E-state index >= 15 is 0 Å². The van der Waals surface area contributed by atoms with Gasteiger partial charge in [-0.05, 0) is 24.3 Å². The molecule has 0 amide bonds. The molecule has 96 valence electrons. The van der Waals surface area contributed by atoms with Crippen LogP contribution in [0.1, 0.15) is 32.3 Å². The number of alkyl halides is 3. The Balaban J connectivity index is 3.03. The van der Waals surface area contributed by atoms with Gasteiger partial charge in [-0.15, -0.1) is 0 Å². The first-order valence-electron chi connectivity index (χ1n) is 5.62. The molecule has 0 fully saturated rings. The van der Waals surface area contributed by atoms with E-state index in [1.54, 1.807) is 6.07 Å². The fourth-order valence-electron chi connectivity index (χ4n) is 1.66. The van der Waals surface area contributed by atoms with Crippen LogP contribution in [-0.2, 0) is 5.60 Å². The molecule has 0 aliphatic rings. The zero-order valence-corrected chi connectivity index (χ0v) is 9.96. The van der Waals surface area contributed by atoms with Crippen LogP contribution >= 0.6 is 0 Å². The number of halogens is 3. The summed E-state index contributed by atoms with van der Waals surface area (Å²) in [7, 11) is 0. The minimum atomic E-state index is -4.65. The molecule has 1 aromatic carbocycles. The van der Waals surface area contributed by atoms with Gasteiger partial charge in [0.05, 0.1) is 0 Å². The lowest BCUT2D eigenvalue weighted by Gasteiger charge is -2.31. The Morgan fingerprint density at radius 2 is 1.65 bits per heavy atom. The van der Waals surface area contributed by atoms with Gasteiger partial charge in [0.25, 0.3) is 0 Å². The van der Waals surface area contributed by atoms with Gasteiger partial charge in [-0.2, -0.15) is 13.2 Å². The Hall–Kier alpha value is -1.03. The molecule has 17 heavy (non-hydrogen) atoms. The fourth-order valence-corrected chi connectivity index (χ4v) is 1.66. The van der Waals surface area contributed by atoms with E-state index in [1.807, 2.05) is 13.8 Å². The summed E-state index contributed by atoms with van der Waals surface area (Å²) >= 11 is 0. The van der Waals surface area contributed by atoms with Crippen LogP contribution in [0.5, 0.6) is 0 Å². The summed E-state index contributed by atoms with van der Waals surface area (Å²) in [5.41, 5.74) is -2.83. The SMILES string of the molecule is CC(C)CCC(O)(c1ccccc1)C(F)(F)F. The molecular formula is C13H17F3O. The van der Waals surface area contributed by atoms with Crippen molar-refractivity contribution in [1.82, 2.24) is 0 Å². The largest absolute Gasteiger partial charge is 0.421 e. The fraction of sp³-hybridized carbons (Fsp3) is 0.538. The lowest BCUT2D eigenvalue weighted by molar-refractivity contribution is -0.270. The molecule has 0 bridgehead atoms. The molecule has 0 spiro atoms. The van der Waals surface area contributed by atoms with Gasteiger partial charge < -0.3 is 5.11 Å². The van der Waals surface area contributed by atoms with E-state index in [0.29, 0.717) is 6.42 Å². The van der Waals surface area contributed by atoms with E-state index in [9.17, 15) is 18.3 Å². The van der Waals surface area contributed by atoms with E-state index in [0.717, 1.165) is 0 Å². The Kier molecular flexibility index (Phi) is 4.20. The Morgan fingerprint density at radius 1 is 1.12 bits per heavy atom. The zero-order valence-electron chi connectivity index (χ0n) is 9.96. The van der Waals surface area contributed by atoms with E-state index in [-0.39, 0.29) is 17.9 Å². The minimum Gasteiger partial charge on any atom is -0.376 e. The summed E-state index contributed by atoms with van der Waals surface area (Å²) in [4.78, 5) is 0. The van der Waals surface area contributed by atoms with Gasteiger partial charge in [-0.1, -0.05) is 44.2 Å². The summed E-state index contributed by atoms with van der Waals surface area (Å²) in [5, 5.41) is 9.94. The molecule has 4 heteroatoms. The molecule has 1 aromatic rings. The molecule has 0 radical (unpaired) electrons. The smallest absolute Gasteiger partial charge is 0.376 e. The van der Waals surface area contributed by atoms with Crippen LogP contribution in [0.3, 0.4) is 0 Å². The third-order valence-corrected chi connectivity index (χ3v) is 2.80. The molecule has 0 aliphatic heterocycles. The van der Waals surface area contributed by atoms with Crippen molar-refractivity contribution in [3.8, 4) is 0 Å². The predicted molar refractivity (Wildman–Crippen MR) is 60.5 cm³/mol. The quantitative estimate of drug-likeness (QED) is 0.855. The van der Waals surface area contributed by atoms with Crippen molar-refractivity contribution in [2.75, 3.05) is 0 Å². The van der Waals surface area contributed by atoms with Crippen molar-refractivity contribution in [1.29, 1.82) is 0 Å². The van der Waals surface area contributed by atoms with Gasteiger partial charge in [-0.25, -0.2) is 0 Å². The van der Waals surface area contributed by atoms with Crippen LogP contribution < -0.4 is 0 Å². The summed E-state index contributed by atoms with van der Waals surface area (Å²) in [6.45, 7) is 3.67. The second-order valence-corrected chi connectivity index (χ2v) is 4.66. The van der Waals surface area contributed by atoms with Crippen LogP contribution in [0.25, 0.3) is 0 Å². The molecule has 0 saturated carbocycles. The number of rotatable bonds is 4. The van der Waals surface area contributed by atoms with Gasteiger partial charge >= 0.3 is 6.18 Å². The molecule has 0 aromatic heterocycles. The van der Waals surface area contributed by atoms with Gasteiger partial charge in [0.2, 0.25) is 0 Å². The van der Waals surface area contributed by atoms with Crippen LogP contribution in [0, 0.1) is 5.92 Å². The highest BCUT2D eigenvalue weighted by Gasteiger charge is 2.54. The molecule has 1 atom stereocenters. The third kappa shape index (κ3) is 3.22. The topological polar surface area (TPSA) is 20.2 Å². The molecule has 0 heterocycles. The zero-order chi connectivity index (χ0) is 13.1. The Bertz CT molecular complexity index is 345. The average molecular weight is 246 g/mol. The van der Waals surface area contributed by atoms with E-state index < -0.39 is 11.8 Å².